The van der Waals surface area contributed by atoms with Crippen molar-refractivity contribution in [3.05, 3.63) is 58.6 Å². The van der Waals surface area contributed by atoms with Gasteiger partial charge in [-0.05, 0) is 18.6 Å². The van der Waals surface area contributed by atoms with Gasteiger partial charge < -0.3 is 14.6 Å². The van der Waals surface area contributed by atoms with Crippen LogP contribution in [0.1, 0.15) is 54.1 Å². The van der Waals surface area contributed by atoms with Gasteiger partial charge in [-0.2, -0.15) is 4.98 Å². The Morgan fingerprint density at radius 1 is 1.15 bits per heavy atom. The zero-order valence-electron chi connectivity index (χ0n) is 15.8. The lowest BCUT2D eigenvalue weighted by Crippen LogP contribution is -2.13. The smallest absolute Gasteiger partial charge is 0.228 e. The van der Waals surface area contributed by atoms with E-state index in [0.29, 0.717) is 25.5 Å². The SMILES string of the molecule is Cc1nc2c(c(NCCc3nc(C(C)C)no3)n1)Cc1ccccc1OC2. The molecule has 27 heavy (non-hydrogen) atoms. The lowest BCUT2D eigenvalue weighted by Gasteiger charge is -2.13. The molecule has 0 unspecified atom stereocenters. The van der Waals surface area contributed by atoms with E-state index in [4.69, 9.17) is 9.26 Å². The minimum atomic E-state index is 0.260. The van der Waals surface area contributed by atoms with Gasteiger partial charge in [0, 0.05) is 30.9 Å². The number of ether oxygens (including phenoxy) is 1. The summed E-state index contributed by atoms with van der Waals surface area (Å²) < 4.78 is 11.2. The summed E-state index contributed by atoms with van der Waals surface area (Å²) in [6, 6.07) is 8.09. The summed E-state index contributed by atoms with van der Waals surface area (Å²) >= 11 is 0. The average Bonchev–Trinajstić information content (AvgIpc) is 3.04. The van der Waals surface area contributed by atoms with Crippen LogP contribution in [0, 0.1) is 6.92 Å². The number of benzene rings is 1. The number of para-hydroxylation sites is 1. The van der Waals surface area contributed by atoms with E-state index in [1.807, 2.05) is 39.0 Å². The Hall–Kier alpha value is -2.96. The van der Waals surface area contributed by atoms with E-state index in [9.17, 15) is 0 Å². The second kappa shape index (κ2) is 7.34. The van der Waals surface area contributed by atoms with Crippen molar-refractivity contribution in [3.8, 4) is 5.75 Å². The first-order chi connectivity index (χ1) is 13.1. The summed E-state index contributed by atoms with van der Waals surface area (Å²) in [6.07, 6.45) is 1.39. The molecule has 0 spiro atoms. The highest BCUT2D eigenvalue weighted by molar-refractivity contribution is 5.52. The first-order valence-electron chi connectivity index (χ1n) is 9.23. The van der Waals surface area contributed by atoms with E-state index in [1.165, 1.54) is 0 Å². The average molecular weight is 365 g/mol. The lowest BCUT2D eigenvalue weighted by molar-refractivity contribution is 0.302. The maximum absolute atomic E-state index is 5.93. The standard InChI is InChI=1S/C20H23N5O2/c1-12(2)19-24-18(27-25-19)8-9-21-20-15-10-14-6-4-5-7-17(14)26-11-16(15)22-13(3)23-20/h4-7,12H,8-11H2,1-3H3,(H,21,22,23). The van der Waals surface area contributed by atoms with E-state index in [2.05, 4.69) is 31.5 Å². The van der Waals surface area contributed by atoms with E-state index >= 15 is 0 Å². The van der Waals surface area contributed by atoms with Gasteiger partial charge in [-0.1, -0.05) is 37.2 Å². The van der Waals surface area contributed by atoms with Crippen LogP contribution in [0.5, 0.6) is 5.75 Å². The molecule has 4 rings (SSSR count). The molecule has 3 aromatic rings. The van der Waals surface area contributed by atoms with Gasteiger partial charge in [-0.3, -0.25) is 0 Å². The molecule has 7 nitrogen and oxygen atoms in total. The van der Waals surface area contributed by atoms with Crippen molar-refractivity contribution in [3.63, 3.8) is 0 Å². The molecule has 0 fully saturated rings. The van der Waals surface area contributed by atoms with Crippen molar-refractivity contribution in [2.75, 3.05) is 11.9 Å². The third-order valence-corrected chi connectivity index (χ3v) is 4.54. The Labute approximate surface area is 158 Å². The minimum absolute atomic E-state index is 0.260. The molecule has 1 aromatic carbocycles. The Kier molecular flexibility index (Phi) is 4.75. The summed E-state index contributed by atoms with van der Waals surface area (Å²) in [6.45, 7) is 7.10. The third kappa shape index (κ3) is 3.77. The zero-order valence-corrected chi connectivity index (χ0v) is 15.8. The predicted octanol–water partition coefficient (Wildman–Crippen LogP) is 3.43. The summed E-state index contributed by atoms with van der Waals surface area (Å²) in [5.41, 5.74) is 3.16. The van der Waals surface area contributed by atoms with Crippen molar-refractivity contribution in [1.82, 2.24) is 20.1 Å². The fraction of sp³-hybridized carbons (Fsp3) is 0.400. The molecule has 2 aromatic heterocycles. The van der Waals surface area contributed by atoms with Gasteiger partial charge >= 0.3 is 0 Å². The maximum atomic E-state index is 5.93. The molecule has 1 aliphatic heterocycles. The van der Waals surface area contributed by atoms with E-state index < -0.39 is 0 Å². The molecule has 140 valence electrons. The topological polar surface area (TPSA) is 86.0 Å². The third-order valence-electron chi connectivity index (χ3n) is 4.54. The van der Waals surface area contributed by atoms with Crippen molar-refractivity contribution in [1.29, 1.82) is 0 Å². The molecule has 0 radical (unpaired) electrons. The molecule has 1 aliphatic rings. The Morgan fingerprint density at radius 3 is 2.81 bits per heavy atom. The normalized spacial score (nSPS) is 12.9. The van der Waals surface area contributed by atoms with Gasteiger partial charge in [0.05, 0.1) is 5.69 Å². The minimum Gasteiger partial charge on any atom is -0.487 e. The summed E-state index contributed by atoms with van der Waals surface area (Å²) in [5, 5.41) is 7.43. The summed E-state index contributed by atoms with van der Waals surface area (Å²) in [7, 11) is 0. The quantitative estimate of drug-likeness (QED) is 0.741. The number of hydrogen-bond acceptors (Lipinski definition) is 7. The number of nitrogens with one attached hydrogen (secondary N) is 1. The maximum Gasteiger partial charge on any atom is 0.228 e. The molecule has 0 saturated heterocycles. The van der Waals surface area contributed by atoms with E-state index in [0.717, 1.165) is 46.5 Å². The molecular weight excluding hydrogens is 342 g/mol. The predicted molar refractivity (Wildman–Crippen MR) is 101 cm³/mol. The van der Waals surface area contributed by atoms with E-state index in [-0.39, 0.29) is 5.92 Å². The number of rotatable bonds is 5. The van der Waals surface area contributed by atoms with Gasteiger partial charge in [-0.25, -0.2) is 9.97 Å². The van der Waals surface area contributed by atoms with Crippen LogP contribution >= 0.6 is 0 Å². The van der Waals surface area contributed by atoms with Crippen LogP contribution in [0.25, 0.3) is 0 Å². The van der Waals surface area contributed by atoms with Crippen LogP contribution in [-0.2, 0) is 19.4 Å². The number of aryl methyl sites for hydroxylation is 1. The summed E-state index contributed by atoms with van der Waals surface area (Å²) in [5.74, 6) is 4.12. The first-order valence-corrected chi connectivity index (χ1v) is 9.23. The van der Waals surface area contributed by atoms with Gasteiger partial charge in [-0.15, -0.1) is 0 Å². The van der Waals surface area contributed by atoms with Crippen LogP contribution < -0.4 is 10.1 Å². The van der Waals surface area contributed by atoms with Gasteiger partial charge in [0.1, 0.15) is 24.0 Å². The molecule has 7 heteroatoms. The second-order valence-corrected chi connectivity index (χ2v) is 7.00. The molecule has 0 aliphatic carbocycles. The van der Waals surface area contributed by atoms with E-state index in [1.54, 1.807) is 0 Å². The highest BCUT2D eigenvalue weighted by Crippen LogP contribution is 2.30. The highest BCUT2D eigenvalue weighted by Gasteiger charge is 2.20. The van der Waals surface area contributed by atoms with Crippen LogP contribution in [0.3, 0.4) is 0 Å². The van der Waals surface area contributed by atoms with Crippen molar-refractivity contribution in [2.24, 2.45) is 0 Å². The van der Waals surface area contributed by atoms with Crippen LogP contribution in [0.15, 0.2) is 28.8 Å². The molecule has 1 N–H and O–H groups in total. The van der Waals surface area contributed by atoms with Crippen molar-refractivity contribution >= 4 is 5.82 Å². The number of hydrogen-bond donors (Lipinski definition) is 1. The summed E-state index contributed by atoms with van der Waals surface area (Å²) in [4.78, 5) is 13.6. The molecular formula is C20H23N5O2. The zero-order chi connectivity index (χ0) is 18.8. The van der Waals surface area contributed by atoms with Crippen molar-refractivity contribution in [2.45, 2.75) is 46.1 Å². The van der Waals surface area contributed by atoms with Crippen LogP contribution in [0.4, 0.5) is 5.82 Å². The number of anilines is 1. The molecule has 0 bridgehead atoms. The van der Waals surface area contributed by atoms with Gasteiger partial charge in [0.15, 0.2) is 5.82 Å². The molecule has 0 amide bonds. The molecule has 0 saturated carbocycles. The Balaban J connectivity index is 1.52. The molecule has 3 heterocycles. The Morgan fingerprint density at radius 2 is 2.00 bits per heavy atom. The lowest BCUT2D eigenvalue weighted by atomic mass is 10.0. The Bertz CT molecular complexity index is 951. The highest BCUT2D eigenvalue weighted by atomic mass is 16.5. The first kappa shape index (κ1) is 17.5. The van der Waals surface area contributed by atoms with Crippen LogP contribution in [-0.4, -0.2) is 26.7 Å². The van der Waals surface area contributed by atoms with Gasteiger partial charge in [0.2, 0.25) is 5.89 Å². The van der Waals surface area contributed by atoms with Crippen molar-refractivity contribution < 1.29 is 9.26 Å². The number of nitrogens with zero attached hydrogens (tertiary/aromatic N) is 4. The fourth-order valence-corrected chi connectivity index (χ4v) is 3.12. The molecule has 0 atom stereocenters. The second-order valence-electron chi connectivity index (χ2n) is 7.00. The largest absolute Gasteiger partial charge is 0.487 e. The monoisotopic (exact) mass is 365 g/mol. The number of aromatic nitrogens is 4. The van der Waals surface area contributed by atoms with Crippen LogP contribution in [0.2, 0.25) is 0 Å². The fourth-order valence-electron chi connectivity index (χ4n) is 3.12. The number of fused-ring (bicyclic) bond motifs is 2. The van der Waals surface area contributed by atoms with Gasteiger partial charge in [0.25, 0.3) is 0 Å².